The number of alkyl halides is 3. The number of hydrogen-bond donors (Lipinski definition) is 0. The summed E-state index contributed by atoms with van der Waals surface area (Å²) in [5.41, 5.74) is -2.90. The van der Waals surface area contributed by atoms with Crippen LogP contribution >= 0.6 is 0 Å². The smallest absolute Gasteiger partial charge is 0.376 e. The van der Waals surface area contributed by atoms with E-state index >= 15 is 0 Å². The number of benzene rings is 1. The van der Waals surface area contributed by atoms with Crippen LogP contribution in [0.2, 0.25) is 19.6 Å². The Morgan fingerprint density at radius 2 is 1.52 bits per heavy atom. The summed E-state index contributed by atoms with van der Waals surface area (Å²) in [6.07, 6.45) is 0. The summed E-state index contributed by atoms with van der Waals surface area (Å²) >= 11 is 0. The van der Waals surface area contributed by atoms with Crippen LogP contribution in [-0.2, 0) is 16.2 Å². The largest absolute Gasteiger partial charge is 0.534 e. The average molecular weight is 340 g/mol. The van der Waals surface area contributed by atoms with Crippen molar-refractivity contribution in [2.45, 2.75) is 45.0 Å². The molecule has 0 aliphatic carbocycles. The Morgan fingerprint density at radius 1 is 1.10 bits per heavy atom. The molecule has 0 radical (unpaired) electrons. The first-order valence-electron chi connectivity index (χ1n) is 6.34. The molecule has 0 aliphatic heterocycles. The van der Waals surface area contributed by atoms with Crippen LogP contribution < -0.4 is 4.18 Å². The maximum atomic E-state index is 12.3. The van der Waals surface area contributed by atoms with Crippen LogP contribution in [0.4, 0.5) is 13.2 Å². The van der Waals surface area contributed by atoms with Gasteiger partial charge in [0.15, 0.2) is 0 Å². The van der Waals surface area contributed by atoms with E-state index in [2.05, 4.69) is 23.8 Å². The summed E-state index contributed by atoms with van der Waals surface area (Å²) in [5.74, 6) is -0.304. The van der Waals surface area contributed by atoms with E-state index in [9.17, 15) is 21.6 Å². The quantitative estimate of drug-likeness (QED) is 0.473. The Labute approximate surface area is 124 Å². The van der Waals surface area contributed by atoms with Crippen molar-refractivity contribution >= 4 is 18.2 Å². The third-order valence-corrected chi connectivity index (χ3v) is 5.26. The van der Waals surface area contributed by atoms with Crippen molar-refractivity contribution in [3.63, 3.8) is 0 Å². The molecular weight excluding hydrogens is 321 g/mol. The minimum absolute atomic E-state index is 0.304. The number of hydrogen-bond acceptors (Lipinski definition) is 3. The predicted molar refractivity (Wildman–Crippen MR) is 78.6 cm³/mol. The third kappa shape index (κ3) is 4.74. The molecule has 120 valence electrons. The second-order valence-electron chi connectivity index (χ2n) is 6.26. The second-order valence-corrected chi connectivity index (χ2v) is 13.3. The Balaban J connectivity index is 3.16. The molecule has 8 heteroatoms. The summed E-state index contributed by atoms with van der Waals surface area (Å²) < 4.78 is 63.1. The summed E-state index contributed by atoms with van der Waals surface area (Å²) in [7, 11) is -7.02. The van der Waals surface area contributed by atoms with Gasteiger partial charge in [0.1, 0.15) is 5.75 Å². The van der Waals surface area contributed by atoms with Crippen LogP contribution in [0.3, 0.4) is 0 Å². The highest BCUT2D eigenvalue weighted by Crippen LogP contribution is 2.30. The molecule has 0 saturated carbocycles. The van der Waals surface area contributed by atoms with E-state index in [0.717, 1.165) is 22.7 Å². The molecule has 0 heterocycles. The molecule has 0 saturated heterocycles. The van der Waals surface area contributed by atoms with Crippen LogP contribution in [0.25, 0.3) is 0 Å². The lowest BCUT2D eigenvalue weighted by Crippen LogP contribution is -2.28. The number of aryl methyl sites for hydroxylation is 2. The fourth-order valence-corrected chi connectivity index (χ4v) is 4.05. The first kappa shape index (κ1) is 18.0. The molecule has 1 rings (SSSR count). The molecule has 0 aromatic heterocycles. The zero-order valence-electron chi connectivity index (χ0n) is 12.6. The fourth-order valence-electron chi connectivity index (χ4n) is 1.98. The molecule has 0 spiro atoms. The van der Waals surface area contributed by atoms with Crippen molar-refractivity contribution in [2.24, 2.45) is 0 Å². The minimum Gasteiger partial charge on any atom is -0.376 e. The van der Waals surface area contributed by atoms with Crippen molar-refractivity contribution < 1.29 is 25.8 Å². The summed E-state index contributed by atoms with van der Waals surface area (Å²) in [6.45, 7) is 10.0. The van der Waals surface area contributed by atoms with Crippen molar-refractivity contribution in [2.75, 3.05) is 0 Å². The van der Waals surface area contributed by atoms with Crippen LogP contribution in [0.1, 0.15) is 16.7 Å². The molecule has 3 nitrogen and oxygen atoms in total. The van der Waals surface area contributed by atoms with Gasteiger partial charge in [-0.3, -0.25) is 0 Å². The molecule has 0 fully saturated rings. The van der Waals surface area contributed by atoms with E-state index in [1.807, 2.05) is 0 Å². The number of rotatable bonds is 4. The molecule has 1 aromatic rings. The van der Waals surface area contributed by atoms with Gasteiger partial charge in [0, 0.05) is 8.07 Å². The summed E-state index contributed by atoms with van der Waals surface area (Å²) in [4.78, 5) is 0. The third-order valence-electron chi connectivity index (χ3n) is 2.87. The summed E-state index contributed by atoms with van der Waals surface area (Å²) in [5, 5.41) is 0. The van der Waals surface area contributed by atoms with Gasteiger partial charge in [-0.2, -0.15) is 21.6 Å². The van der Waals surface area contributed by atoms with Crippen LogP contribution in [-0.4, -0.2) is 22.0 Å². The molecule has 0 unspecified atom stereocenters. The lowest BCUT2D eigenvalue weighted by molar-refractivity contribution is -0.0500. The van der Waals surface area contributed by atoms with Crippen LogP contribution in [0, 0.1) is 13.8 Å². The Kier molecular flexibility index (Phi) is 4.84. The van der Waals surface area contributed by atoms with Crippen LogP contribution in [0.15, 0.2) is 12.1 Å². The van der Waals surface area contributed by atoms with E-state index in [-0.39, 0.29) is 5.75 Å². The topological polar surface area (TPSA) is 43.4 Å². The zero-order valence-corrected chi connectivity index (χ0v) is 14.4. The monoisotopic (exact) mass is 340 g/mol. The van der Waals surface area contributed by atoms with Gasteiger partial charge in [-0.15, -0.1) is 0 Å². The highest BCUT2D eigenvalue weighted by Gasteiger charge is 2.48. The first-order chi connectivity index (χ1) is 9.23. The second kappa shape index (κ2) is 5.64. The fraction of sp³-hybridized carbons (Fsp3) is 0.538. The van der Waals surface area contributed by atoms with Gasteiger partial charge in [0.05, 0.1) is 0 Å². The lowest BCUT2D eigenvalue weighted by Gasteiger charge is -2.20. The molecular formula is C13H19F3O3SSi. The van der Waals surface area contributed by atoms with Gasteiger partial charge in [0.25, 0.3) is 0 Å². The lowest BCUT2D eigenvalue weighted by atomic mass is 10.0. The molecule has 0 N–H and O–H groups in total. The zero-order chi connectivity index (χ0) is 16.6. The van der Waals surface area contributed by atoms with Crippen molar-refractivity contribution in [3.05, 3.63) is 28.8 Å². The highest BCUT2D eigenvalue weighted by atomic mass is 32.2. The molecule has 0 amide bonds. The van der Waals surface area contributed by atoms with E-state index in [4.69, 9.17) is 0 Å². The average Bonchev–Trinajstić information content (AvgIpc) is 2.20. The minimum atomic E-state index is -5.62. The number of halogens is 3. The van der Waals surface area contributed by atoms with E-state index in [0.29, 0.717) is 0 Å². The SMILES string of the molecule is Cc1cc(OS(=O)(=O)C(F)(F)F)cc(C)c1C[Si](C)(C)C. The maximum absolute atomic E-state index is 12.3. The molecule has 1 aromatic carbocycles. The normalized spacial score (nSPS) is 13.3. The molecule has 0 bridgehead atoms. The highest BCUT2D eigenvalue weighted by molar-refractivity contribution is 7.88. The predicted octanol–water partition coefficient (Wildman–Crippen LogP) is 3.95. The maximum Gasteiger partial charge on any atom is 0.534 e. The van der Waals surface area contributed by atoms with E-state index < -0.39 is 23.7 Å². The van der Waals surface area contributed by atoms with Gasteiger partial charge in [0.2, 0.25) is 0 Å². The Bertz CT molecular complexity index is 608. The first-order valence-corrected chi connectivity index (χ1v) is 11.5. The van der Waals surface area contributed by atoms with Gasteiger partial charge in [-0.1, -0.05) is 19.6 Å². The van der Waals surface area contributed by atoms with Gasteiger partial charge < -0.3 is 4.18 Å². The Hall–Kier alpha value is -1.02. The van der Waals surface area contributed by atoms with Crippen LogP contribution in [0.5, 0.6) is 5.75 Å². The molecule has 0 aliphatic rings. The molecule has 21 heavy (non-hydrogen) atoms. The molecule has 0 atom stereocenters. The van der Waals surface area contributed by atoms with Crippen molar-refractivity contribution in [1.82, 2.24) is 0 Å². The Morgan fingerprint density at radius 3 is 1.86 bits per heavy atom. The summed E-state index contributed by atoms with van der Waals surface area (Å²) in [6, 6.07) is 3.55. The van der Waals surface area contributed by atoms with Crippen molar-refractivity contribution in [1.29, 1.82) is 0 Å². The van der Waals surface area contributed by atoms with Crippen molar-refractivity contribution in [3.8, 4) is 5.75 Å². The van der Waals surface area contributed by atoms with Gasteiger partial charge >= 0.3 is 15.6 Å². The van der Waals surface area contributed by atoms with E-state index in [1.54, 1.807) is 13.8 Å². The van der Waals surface area contributed by atoms with Gasteiger partial charge in [-0.25, -0.2) is 0 Å². The van der Waals surface area contributed by atoms with E-state index in [1.165, 1.54) is 12.1 Å². The van der Waals surface area contributed by atoms with Gasteiger partial charge in [-0.05, 0) is 48.7 Å². The standard InChI is InChI=1S/C13H19F3O3SSi/c1-9-6-11(19-20(17,18)13(14,15)16)7-10(2)12(9)8-21(3,4)5/h6-7H,8H2,1-5H3.